The number of anilines is 1. The van der Waals surface area contributed by atoms with E-state index in [0.717, 1.165) is 17.5 Å². The number of fused-ring (bicyclic) bond motifs is 1. The van der Waals surface area contributed by atoms with Crippen LogP contribution in [0.2, 0.25) is 0 Å². The molecule has 6 nitrogen and oxygen atoms in total. The highest BCUT2D eigenvalue weighted by Gasteiger charge is 2.19. The van der Waals surface area contributed by atoms with Gasteiger partial charge in [-0.05, 0) is 42.2 Å². The lowest BCUT2D eigenvalue weighted by Crippen LogP contribution is -2.12. The molecule has 0 aliphatic rings. The lowest BCUT2D eigenvalue weighted by molar-refractivity contribution is 0.102. The van der Waals surface area contributed by atoms with Gasteiger partial charge in [-0.2, -0.15) is 0 Å². The molecule has 6 heteroatoms. The molecule has 0 saturated heterocycles. The van der Waals surface area contributed by atoms with Crippen LogP contribution < -0.4 is 5.32 Å². The summed E-state index contributed by atoms with van der Waals surface area (Å²) in [5, 5.41) is 16.9. The Kier molecular flexibility index (Phi) is 3.97. The number of carbonyl (C=O) groups excluding carboxylic acids is 1. The summed E-state index contributed by atoms with van der Waals surface area (Å²) >= 11 is 0. The second kappa shape index (κ2) is 5.96. The second-order valence-electron chi connectivity index (χ2n) is 6.94. The predicted molar refractivity (Wildman–Crippen MR) is 91.0 cm³/mol. The van der Waals surface area contributed by atoms with Crippen LogP contribution in [0.5, 0.6) is 5.75 Å². The number of hydrogen-bond acceptors (Lipinski definition) is 5. The third-order valence-corrected chi connectivity index (χ3v) is 3.49. The Morgan fingerprint density at radius 1 is 1.25 bits per heavy atom. The van der Waals surface area contributed by atoms with E-state index in [1.54, 1.807) is 18.2 Å². The topological polar surface area (TPSA) is 88.2 Å². The van der Waals surface area contributed by atoms with Crippen LogP contribution in [-0.4, -0.2) is 21.2 Å². The lowest BCUT2D eigenvalue weighted by atomic mass is 9.90. The van der Waals surface area contributed by atoms with Gasteiger partial charge < -0.3 is 14.9 Å². The molecule has 0 fully saturated rings. The first kappa shape index (κ1) is 16.0. The molecule has 0 radical (unpaired) electrons. The SMILES string of the molecule is CC(C)(C)Cc1noc2ncc(C(=O)Nc3ccc(O)cc3)cc12. The van der Waals surface area contributed by atoms with Gasteiger partial charge in [-0.3, -0.25) is 4.79 Å². The quantitative estimate of drug-likeness (QED) is 0.716. The number of pyridine rings is 1. The monoisotopic (exact) mass is 325 g/mol. The lowest BCUT2D eigenvalue weighted by Gasteiger charge is -2.15. The van der Waals surface area contributed by atoms with Crippen LogP contribution in [-0.2, 0) is 6.42 Å². The molecule has 2 aromatic heterocycles. The average molecular weight is 325 g/mol. The minimum absolute atomic E-state index is 0.0497. The van der Waals surface area contributed by atoms with Crippen molar-refractivity contribution in [3.8, 4) is 5.75 Å². The Balaban J connectivity index is 1.87. The molecule has 124 valence electrons. The maximum atomic E-state index is 12.4. The van der Waals surface area contributed by atoms with E-state index < -0.39 is 0 Å². The smallest absolute Gasteiger partial charge is 0.257 e. The van der Waals surface area contributed by atoms with E-state index in [0.29, 0.717) is 17.0 Å². The van der Waals surface area contributed by atoms with Gasteiger partial charge in [0.2, 0.25) is 0 Å². The third kappa shape index (κ3) is 3.53. The molecule has 0 spiro atoms. The van der Waals surface area contributed by atoms with Crippen LogP contribution in [0.3, 0.4) is 0 Å². The van der Waals surface area contributed by atoms with Crippen LogP contribution in [0.25, 0.3) is 11.1 Å². The summed E-state index contributed by atoms with van der Waals surface area (Å²) in [5.41, 5.74) is 2.29. The molecular weight excluding hydrogens is 306 g/mol. The highest BCUT2D eigenvalue weighted by atomic mass is 16.5. The van der Waals surface area contributed by atoms with Crippen LogP contribution >= 0.6 is 0 Å². The molecule has 0 aliphatic carbocycles. The number of phenols is 1. The highest BCUT2D eigenvalue weighted by molar-refractivity contribution is 6.05. The summed E-state index contributed by atoms with van der Waals surface area (Å²) in [6.07, 6.45) is 2.19. The summed E-state index contributed by atoms with van der Waals surface area (Å²) in [4.78, 5) is 16.6. The molecule has 1 aromatic carbocycles. The van der Waals surface area contributed by atoms with Crippen molar-refractivity contribution in [1.82, 2.24) is 10.1 Å². The molecular formula is C18H19N3O3. The molecule has 2 N–H and O–H groups in total. The summed E-state index contributed by atoms with van der Waals surface area (Å²) in [6.45, 7) is 6.34. The van der Waals surface area contributed by atoms with Gasteiger partial charge in [0.1, 0.15) is 5.75 Å². The average Bonchev–Trinajstić information content (AvgIpc) is 2.90. The normalized spacial score (nSPS) is 11.6. The van der Waals surface area contributed by atoms with Crippen molar-refractivity contribution in [2.45, 2.75) is 27.2 Å². The Morgan fingerprint density at radius 2 is 1.96 bits per heavy atom. The zero-order chi connectivity index (χ0) is 17.3. The summed E-state index contributed by atoms with van der Waals surface area (Å²) in [6, 6.07) is 8.03. The minimum Gasteiger partial charge on any atom is -0.508 e. The van der Waals surface area contributed by atoms with Crippen LogP contribution in [0, 0.1) is 5.41 Å². The van der Waals surface area contributed by atoms with Crippen molar-refractivity contribution in [3.05, 3.63) is 47.8 Å². The van der Waals surface area contributed by atoms with Crippen molar-refractivity contribution in [2.75, 3.05) is 5.32 Å². The number of carbonyl (C=O) groups is 1. The second-order valence-corrected chi connectivity index (χ2v) is 6.94. The first-order valence-electron chi connectivity index (χ1n) is 7.66. The summed E-state index contributed by atoms with van der Waals surface area (Å²) in [5.74, 6) is -0.134. The van der Waals surface area contributed by atoms with Crippen molar-refractivity contribution < 1.29 is 14.4 Å². The molecule has 0 unspecified atom stereocenters. The van der Waals surface area contributed by atoms with E-state index in [1.165, 1.54) is 18.3 Å². The molecule has 0 bridgehead atoms. The van der Waals surface area contributed by atoms with E-state index in [-0.39, 0.29) is 17.1 Å². The first-order valence-corrected chi connectivity index (χ1v) is 7.66. The van der Waals surface area contributed by atoms with Crippen molar-refractivity contribution >= 4 is 22.7 Å². The number of nitrogens with zero attached hydrogens (tertiary/aromatic N) is 2. The first-order chi connectivity index (χ1) is 11.3. The van der Waals surface area contributed by atoms with E-state index in [4.69, 9.17) is 4.52 Å². The molecule has 1 amide bonds. The third-order valence-electron chi connectivity index (χ3n) is 3.49. The van der Waals surface area contributed by atoms with Crippen molar-refractivity contribution in [3.63, 3.8) is 0 Å². The van der Waals surface area contributed by atoms with Gasteiger partial charge in [0.25, 0.3) is 11.6 Å². The fourth-order valence-corrected chi connectivity index (χ4v) is 2.38. The Bertz CT molecular complexity index is 877. The van der Waals surface area contributed by atoms with Crippen LogP contribution in [0.4, 0.5) is 5.69 Å². The van der Waals surface area contributed by atoms with Gasteiger partial charge in [-0.25, -0.2) is 4.98 Å². The minimum atomic E-state index is -0.280. The van der Waals surface area contributed by atoms with E-state index in [1.807, 2.05) is 0 Å². The van der Waals surface area contributed by atoms with Crippen LogP contribution in [0.1, 0.15) is 36.8 Å². The Morgan fingerprint density at radius 3 is 2.62 bits per heavy atom. The Labute approximate surface area is 139 Å². The Hall–Kier alpha value is -2.89. The summed E-state index contributed by atoms with van der Waals surface area (Å²) in [7, 11) is 0. The molecule has 0 saturated carbocycles. The highest BCUT2D eigenvalue weighted by Crippen LogP contribution is 2.26. The number of nitrogens with one attached hydrogen (secondary N) is 1. The van der Waals surface area contributed by atoms with E-state index in [2.05, 4.69) is 36.2 Å². The number of amides is 1. The standard InChI is InChI=1S/C18H19N3O3/c1-18(2,3)9-15-14-8-11(10-19-17(14)24-21-15)16(23)20-12-4-6-13(22)7-5-12/h4-8,10,22H,9H2,1-3H3,(H,20,23). The zero-order valence-corrected chi connectivity index (χ0v) is 13.8. The van der Waals surface area contributed by atoms with E-state index >= 15 is 0 Å². The number of aromatic nitrogens is 2. The predicted octanol–water partition coefficient (Wildman–Crippen LogP) is 3.77. The van der Waals surface area contributed by atoms with E-state index in [9.17, 15) is 9.90 Å². The number of rotatable bonds is 3. The van der Waals surface area contributed by atoms with Crippen molar-refractivity contribution in [2.24, 2.45) is 5.41 Å². The maximum Gasteiger partial charge on any atom is 0.257 e. The van der Waals surface area contributed by atoms with Crippen molar-refractivity contribution in [1.29, 1.82) is 0 Å². The number of phenolic OH excluding ortho intramolecular Hbond substituents is 1. The fourth-order valence-electron chi connectivity index (χ4n) is 2.38. The number of aromatic hydroxyl groups is 1. The molecule has 0 aliphatic heterocycles. The van der Waals surface area contributed by atoms with Gasteiger partial charge in [0.05, 0.1) is 16.6 Å². The molecule has 24 heavy (non-hydrogen) atoms. The molecule has 2 heterocycles. The van der Waals surface area contributed by atoms with Crippen LogP contribution in [0.15, 0.2) is 41.1 Å². The largest absolute Gasteiger partial charge is 0.508 e. The van der Waals surface area contributed by atoms with Gasteiger partial charge in [-0.1, -0.05) is 25.9 Å². The fraction of sp³-hybridized carbons (Fsp3) is 0.278. The van der Waals surface area contributed by atoms with Gasteiger partial charge in [0.15, 0.2) is 0 Å². The van der Waals surface area contributed by atoms with Gasteiger partial charge in [-0.15, -0.1) is 0 Å². The van der Waals surface area contributed by atoms with Gasteiger partial charge in [0, 0.05) is 11.9 Å². The molecule has 3 aromatic rings. The molecule has 3 rings (SSSR count). The zero-order valence-electron chi connectivity index (χ0n) is 13.8. The molecule has 0 atom stereocenters. The maximum absolute atomic E-state index is 12.4. The number of hydrogen-bond donors (Lipinski definition) is 2. The summed E-state index contributed by atoms with van der Waals surface area (Å²) < 4.78 is 5.24. The number of benzene rings is 1. The van der Waals surface area contributed by atoms with Gasteiger partial charge >= 0.3 is 0 Å².